The summed E-state index contributed by atoms with van der Waals surface area (Å²) in [6.45, 7) is 0.364. The molecule has 1 atom stereocenters. The molecule has 1 amide bonds. The number of halogens is 1. The van der Waals surface area contributed by atoms with Crippen LogP contribution in [0.4, 0.5) is 0 Å². The van der Waals surface area contributed by atoms with Gasteiger partial charge in [-0.05, 0) is 22.0 Å². The summed E-state index contributed by atoms with van der Waals surface area (Å²) < 4.78 is 0.955. The minimum absolute atomic E-state index is 0.361. The third-order valence-electron chi connectivity index (χ3n) is 1.79. The Kier molecular flexibility index (Phi) is 4.91. The first kappa shape index (κ1) is 13.1. The van der Waals surface area contributed by atoms with E-state index in [1.165, 1.54) is 11.3 Å². The molecule has 16 heavy (non-hydrogen) atoms. The summed E-state index contributed by atoms with van der Waals surface area (Å²) in [7, 11) is 0. The number of aliphatic carboxylic acids is 1. The fourth-order valence-electron chi connectivity index (χ4n) is 1.03. The molecule has 0 spiro atoms. The predicted molar refractivity (Wildman–Crippen MR) is 64.1 cm³/mol. The molecule has 0 radical (unpaired) electrons. The molecule has 0 fully saturated rings. The number of carbonyl (C=O) groups is 2. The Morgan fingerprint density at radius 1 is 1.62 bits per heavy atom. The van der Waals surface area contributed by atoms with Crippen LogP contribution in [0.3, 0.4) is 0 Å². The van der Waals surface area contributed by atoms with Gasteiger partial charge in [0.1, 0.15) is 0 Å². The van der Waals surface area contributed by atoms with E-state index >= 15 is 0 Å². The number of nitrogens with one attached hydrogen (secondary N) is 1. The highest BCUT2D eigenvalue weighted by molar-refractivity contribution is 9.10. The fraction of sp³-hybridized carbons (Fsp3) is 0.333. The highest BCUT2D eigenvalue weighted by Gasteiger charge is 2.16. The van der Waals surface area contributed by atoms with E-state index in [4.69, 9.17) is 10.8 Å². The lowest BCUT2D eigenvalue weighted by molar-refractivity contribution is -0.139. The minimum atomic E-state index is -1.08. The second-order valence-electron chi connectivity index (χ2n) is 3.15. The maximum absolute atomic E-state index is 11.4. The number of carboxylic acid groups (broad SMARTS) is 1. The van der Waals surface area contributed by atoms with Crippen LogP contribution in [0.2, 0.25) is 0 Å². The standard InChI is InChI=1S/C9H11BrN2O3S/c10-5-1-6(16-4-5)3-12-9(15)7(11)2-8(13)14/h1,4,7H,2-3,11H2,(H,12,15)(H,13,14). The smallest absolute Gasteiger partial charge is 0.305 e. The van der Waals surface area contributed by atoms with Crippen LogP contribution in [0.15, 0.2) is 15.9 Å². The van der Waals surface area contributed by atoms with Crippen molar-refractivity contribution in [1.29, 1.82) is 0 Å². The van der Waals surface area contributed by atoms with Crippen LogP contribution < -0.4 is 11.1 Å². The van der Waals surface area contributed by atoms with Gasteiger partial charge in [-0.3, -0.25) is 9.59 Å². The molecule has 1 rings (SSSR count). The molecule has 0 aromatic carbocycles. The fourth-order valence-corrected chi connectivity index (χ4v) is 2.42. The zero-order chi connectivity index (χ0) is 12.1. The van der Waals surface area contributed by atoms with Gasteiger partial charge in [0.15, 0.2) is 0 Å². The maximum Gasteiger partial charge on any atom is 0.305 e. The summed E-state index contributed by atoms with van der Waals surface area (Å²) >= 11 is 4.79. The van der Waals surface area contributed by atoms with Crippen molar-refractivity contribution in [2.75, 3.05) is 0 Å². The van der Waals surface area contributed by atoms with Crippen molar-refractivity contribution in [3.05, 3.63) is 20.8 Å². The highest BCUT2D eigenvalue weighted by atomic mass is 79.9. The average molecular weight is 307 g/mol. The van der Waals surface area contributed by atoms with Crippen molar-refractivity contribution < 1.29 is 14.7 Å². The van der Waals surface area contributed by atoms with Crippen molar-refractivity contribution in [1.82, 2.24) is 5.32 Å². The monoisotopic (exact) mass is 306 g/mol. The van der Waals surface area contributed by atoms with Gasteiger partial charge >= 0.3 is 5.97 Å². The van der Waals surface area contributed by atoms with Gasteiger partial charge in [0.25, 0.3) is 0 Å². The topological polar surface area (TPSA) is 92.4 Å². The molecule has 1 unspecified atom stereocenters. The summed E-state index contributed by atoms with van der Waals surface area (Å²) in [5.74, 6) is -1.53. The lowest BCUT2D eigenvalue weighted by atomic mass is 10.2. The van der Waals surface area contributed by atoms with Crippen LogP contribution in [-0.2, 0) is 16.1 Å². The highest BCUT2D eigenvalue weighted by Crippen LogP contribution is 2.19. The van der Waals surface area contributed by atoms with E-state index in [0.29, 0.717) is 6.54 Å². The lowest BCUT2D eigenvalue weighted by Gasteiger charge is -2.08. The van der Waals surface area contributed by atoms with Gasteiger partial charge in [0.05, 0.1) is 19.0 Å². The molecule has 88 valence electrons. The summed E-state index contributed by atoms with van der Waals surface area (Å²) in [6.07, 6.45) is -0.361. The lowest BCUT2D eigenvalue weighted by Crippen LogP contribution is -2.41. The molecule has 1 aromatic rings. The largest absolute Gasteiger partial charge is 0.481 e. The van der Waals surface area contributed by atoms with E-state index in [2.05, 4.69) is 21.2 Å². The van der Waals surface area contributed by atoms with Gasteiger partial charge in [-0.25, -0.2) is 0 Å². The summed E-state index contributed by atoms with van der Waals surface area (Å²) in [5.41, 5.74) is 5.39. The number of rotatable bonds is 5. The zero-order valence-electron chi connectivity index (χ0n) is 8.27. The average Bonchev–Trinajstić information content (AvgIpc) is 2.59. The van der Waals surface area contributed by atoms with Gasteiger partial charge in [-0.15, -0.1) is 11.3 Å². The predicted octanol–water partition coefficient (Wildman–Crippen LogP) is 0.929. The van der Waals surface area contributed by atoms with Crippen molar-refractivity contribution in [2.45, 2.75) is 19.0 Å². The number of amides is 1. The molecule has 1 aromatic heterocycles. The Morgan fingerprint density at radius 3 is 2.81 bits per heavy atom. The normalized spacial score (nSPS) is 12.1. The van der Waals surface area contributed by atoms with Crippen LogP contribution in [0.1, 0.15) is 11.3 Å². The summed E-state index contributed by atoms with van der Waals surface area (Å²) in [4.78, 5) is 22.7. The molecule has 0 aliphatic rings. The molecule has 0 bridgehead atoms. The second kappa shape index (κ2) is 5.97. The van der Waals surface area contributed by atoms with Crippen molar-refractivity contribution in [2.24, 2.45) is 5.73 Å². The number of hydrogen-bond acceptors (Lipinski definition) is 4. The number of nitrogens with two attached hydrogens (primary N) is 1. The molecular formula is C9H11BrN2O3S. The summed E-state index contributed by atoms with van der Waals surface area (Å²) in [5, 5.41) is 12.9. The van der Waals surface area contributed by atoms with E-state index < -0.39 is 17.9 Å². The molecule has 1 heterocycles. The van der Waals surface area contributed by atoms with Crippen LogP contribution in [0.25, 0.3) is 0 Å². The van der Waals surface area contributed by atoms with Gasteiger partial charge in [-0.2, -0.15) is 0 Å². The Balaban J connectivity index is 2.37. The van der Waals surface area contributed by atoms with Gasteiger partial charge in [-0.1, -0.05) is 0 Å². The van der Waals surface area contributed by atoms with E-state index in [9.17, 15) is 9.59 Å². The SMILES string of the molecule is NC(CC(=O)O)C(=O)NCc1cc(Br)cs1. The van der Waals surface area contributed by atoms with Crippen molar-refractivity contribution >= 4 is 39.1 Å². The number of thiophene rings is 1. The van der Waals surface area contributed by atoms with Crippen LogP contribution in [0, 0.1) is 0 Å². The first-order valence-electron chi connectivity index (χ1n) is 4.47. The molecule has 0 saturated heterocycles. The zero-order valence-corrected chi connectivity index (χ0v) is 10.7. The third kappa shape index (κ3) is 4.30. The van der Waals surface area contributed by atoms with E-state index in [1.54, 1.807) is 0 Å². The van der Waals surface area contributed by atoms with Crippen molar-refractivity contribution in [3.8, 4) is 0 Å². The van der Waals surface area contributed by atoms with Gasteiger partial charge in [0.2, 0.25) is 5.91 Å². The Bertz CT molecular complexity index is 394. The van der Waals surface area contributed by atoms with E-state index in [1.807, 2.05) is 11.4 Å². The quantitative estimate of drug-likeness (QED) is 0.754. The molecule has 0 aliphatic heterocycles. The Hall–Kier alpha value is -0.920. The Morgan fingerprint density at radius 2 is 2.31 bits per heavy atom. The molecule has 5 nitrogen and oxygen atoms in total. The molecular weight excluding hydrogens is 296 g/mol. The van der Waals surface area contributed by atoms with E-state index in [0.717, 1.165) is 9.35 Å². The molecule has 0 saturated carbocycles. The second-order valence-corrected chi connectivity index (χ2v) is 5.06. The molecule has 4 N–H and O–H groups in total. The third-order valence-corrected chi connectivity index (χ3v) is 3.49. The summed E-state index contributed by atoms with van der Waals surface area (Å²) in [6, 6.07) is 0.883. The van der Waals surface area contributed by atoms with Crippen LogP contribution in [0.5, 0.6) is 0 Å². The molecule has 7 heteroatoms. The maximum atomic E-state index is 11.4. The number of carboxylic acids is 1. The Labute approximate surface area is 105 Å². The van der Waals surface area contributed by atoms with Crippen LogP contribution in [-0.4, -0.2) is 23.0 Å². The van der Waals surface area contributed by atoms with Crippen LogP contribution >= 0.6 is 27.3 Å². The molecule has 0 aliphatic carbocycles. The van der Waals surface area contributed by atoms with Gasteiger partial charge in [0, 0.05) is 14.7 Å². The van der Waals surface area contributed by atoms with E-state index in [-0.39, 0.29) is 6.42 Å². The van der Waals surface area contributed by atoms with Gasteiger partial charge < -0.3 is 16.2 Å². The number of carbonyl (C=O) groups excluding carboxylic acids is 1. The first-order valence-corrected chi connectivity index (χ1v) is 6.14. The number of hydrogen-bond donors (Lipinski definition) is 3. The van der Waals surface area contributed by atoms with Crippen molar-refractivity contribution in [3.63, 3.8) is 0 Å². The first-order chi connectivity index (χ1) is 7.49. The minimum Gasteiger partial charge on any atom is -0.481 e.